The molecule has 1 aliphatic rings. The van der Waals surface area contributed by atoms with E-state index in [4.69, 9.17) is 4.74 Å². The third kappa shape index (κ3) is 2.04. The molecule has 18 heavy (non-hydrogen) atoms. The highest BCUT2D eigenvalue weighted by atomic mass is 16.5. The van der Waals surface area contributed by atoms with Gasteiger partial charge in [-0.15, -0.1) is 0 Å². The van der Waals surface area contributed by atoms with Gasteiger partial charge in [-0.2, -0.15) is 15.0 Å². The van der Waals surface area contributed by atoms with Gasteiger partial charge in [0.25, 0.3) is 0 Å². The van der Waals surface area contributed by atoms with Crippen molar-refractivity contribution in [1.82, 2.24) is 15.0 Å². The molecule has 1 heterocycles. The zero-order chi connectivity index (χ0) is 12.4. The number of hydrogen-bond acceptors (Lipinski definition) is 3. The van der Waals surface area contributed by atoms with E-state index in [1.807, 2.05) is 6.20 Å². The van der Waals surface area contributed by atoms with E-state index < -0.39 is 0 Å². The van der Waals surface area contributed by atoms with E-state index in [2.05, 4.69) is 28.4 Å². The van der Waals surface area contributed by atoms with Gasteiger partial charge in [0.05, 0.1) is 6.20 Å². The summed E-state index contributed by atoms with van der Waals surface area (Å²) < 4.78 is 5.03. The molecular weight excluding hydrogens is 226 g/mol. The molecule has 0 N–H and O–H groups in total. The Bertz CT molecular complexity index is 548. The molecule has 0 amide bonds. The van der Waals surface area contributed by atoms with Crippen LogP contribution in [-0.4, -0.2) is 22.1 Å². The quantitative estimate of drug-likeness (QED) is 0.831. The molecular formula is C14H17N3O. The number of fused-ring (bicyclic) bond motifs is 1. The van der Waals surface area contributed by atoms with Crippen molar-refractivity contribution in [2.24, 2.45) is 0 Å². The average molecular weight is 243 g/mol. The lowest BCUT2D eigenvalue weighted by Gasteiger charge is -2.18. The number of hydrogen-bond donors (Lipinski definition) is 0. The SMILES string of the molecule is COCn1ncc(-c2cccc3c2CCCC3)n1. The average Bonchev–Trinajstić information content (AvgIpc) is 2.87. The number of benzene rings is 1. The Balaban J connectivity index is 2.00. The van der Waals surface area contributed by atoms with Crippen LogP contribution in [0.1, 0.15) is 24.0 Å². The lowest BCUT2D eigenvalue weighted by molar-refractivity contribution is 0.108. The Kier molecular flexibility index (Phi) is 3.11. The topological polar surface area (TPSA) is 39.9 Å². The lowest BCUT2D eigenvalue weighted by atomic mass is 9.87. The third-order valence-corrected chi connectivity index (χ3v) is 3.45. The first-order valence-electron chi connectivity index (χ1n) is 6.38. The van der Waals surface area contributed by atoms with Crippen molar-refractivity contribution < 1.29 is 4.74 Å². The Morgan fingerprint density at radius 1 is 1.28 bits per heavy atom. The second-order valence-corrected chi connectivity index (χ2v) is 4.67. The van der Waals surface area contributed by atoms with Gasteiger partial charge < -0.3 is 4.74 Å². The molecule has 94 valence electrons. The van der Waals surface area contributed by atoms with Gasteiger partial charge in [0.1, 0.15) is 5.69 Å². The summed E-state index contributed by atoms with van der Waals surface area (Å²) in [7, 11) is 1.65. The predicted molar refractivity (Wildman–Crippen MR) is 69.1 cm³/mol. The van der Waals surface area contributed by atoms with Crippen LogP contribution in [0, 0.1) is 0 Å². The van der Waals surface area contributed by atoms with Crippen LogP contribution in [-0.2, 0) is 24.3 Å². The van der Waals surface area contributed by atoms with Crippen LogP contribution >= 0.6 is 0 Å². The summed E-state index contributed by atoms with van der Waals surface area (Å²) in [6, 6.07) is 6.50. The molecule has 0 saturated carbocycles. The summed E-state index contributed by atoms with van der Waals surface area (Å²) in [6.07, 6.45) is 6.74. The molecule has 1 aliphatic carbocycles. The number of nitrogens with zero attached hydrogens (tertiary/aromatic N) is 3. The predicted octanol–water partition coefficient (Wildman–Crippen LogP) is 2.43. The smallest absolute Gasteiger partial charge is 0.158 e. The van der Waals surface area contributed by atoms with Crippen LogP contribution in [0.3, 0.4) is 0 Å². The van der Waals surface area contributed by atoms with Gasteiger partial charge in [0.15, 0.2) is 6.73 Å². The molecule has 2 aromatic rings. The molecule has 0 unspecified atom stereocenters. The molecule has 0 saturated heterocycles. The zero-order valence-electron chi connectivity index (χ0n) is 10.6. The van der Waals surface area contributed by atoms with Crippen LogP contribution in [0.5, 0.6) is 0 Å². The van der Waals surface area contributed by atoms with Crippen molar-refractivity contribution in [2.45, 2.75) is 32.4 Å². The van der Waals surface area contributed by atoms with Crippen LogP contribution in [0.25, 0.3) is 11.3 Å². The van der Waals surface area contributed by atoms with Crippen molar-refractivity contribution >= 4 is 0 Å². The third-order valence-electron chi connectivity index (χ3n) is 3.45. The molecule has 0 aliphatic heterocycles. The van der Waals surface area contributed by atoms with Crippen molar-refractivity contribution in [3.8, 4) is 11.3 Å². The van der Waals surface area contributed by atoms with E-state index in [-0.39, 0.29) is 0 Å². The minimum atomic E-state index is 0.398. The van der Waals surface area contributed by atoms with Crippen molar-refractivity contribution in [3.05, 3.63) is 35.5 Å². The first-order valence-corrected chi connectivity index (χ1v) is 6.38. The summed E-state index contributed by atoms with van der Waals surface area (Å²) in [5, 5.41) is 8.67. The standard InChI is InChI=1S/C14H17N3O/c1-18-10-17-15-9-14(16-17)13-8-4-6-11-5-2-3-7-12(11)13/h4,6,8-9H,2-3,5,7,10H2,1H3. The monoisotopic (exact) mass is 243 g/mol. The molecule has 0 radical (unpaired) electrons. The largest absolute Gasteiger partial charge is 0.361 e. The van der Waals surface area contributed by atoms with Gasteiger partial charge in [-0.05, 0) is 36.8 Å². The van der Waals surface area contributed by atoms with Crippen LogP contribution in [0.4, 0.5) is 0 Å². The Labute approximate surface area is 107 Å². The minimum absolute atomic E-state index is 0.398. The maximum atomic E-state index is 5.03. The second-order valence-electron chi connectivity index (χ2n) is 4.67. The van der Waals surface area contributed by atoms with Gasteiger partial charge in [-0.3, -0.25) is 0 Å². The Morgan fingerprint density at radius 3 is 3.06 bits per heavy atom. The van der Waals surface area contributed by atoms with Crippen LogP contribution < -0.4 is 0 Å². The maximum absolute atomic E-state index is 5.03. The molecule has 1 aromatic heterocycles. The summed E-state index contributed by atoms with van der Waals surface area (Å²) in [6.45, 7) is 0.398. The van der Waals surface area contributed by atoms with Gasteiger partial charge in [-0.25, -0.2) is 0 Å². The lowest BCUT2D eigenvalue weighted by Crippen LogP contribution is -2.05. The van der Waals surface area contributed by atoms with Crippen LogP contribution in [0.15, 0.2) is 24.4 Å². The second kappa shape index (κ2) is 4.90. The van der Waals surface area contributed by atoms with Gasteiger partial charge in [0, 0.05) is 12.7 Å². The molecule has 0 fully saturated rings. The Hall–Kier alpha value is -1.68. The first-order chi connectivity index (χ1) is 8.88. The minimum Gasteiger partial charge on any atom is -0.361 e. The highest BCUT2D eigenvalue weighted by Gasteiger charge is 2.15. The van der Waals surface area contributed by atoms with E-state index in [1.54, 1.807) is 11.9 Å². The summed E-state index contributed by atoms with van der Waals surface area (Å²) in [5.41, 5.74) is 5.11. The number of methoxy groups -OCH3 is 1. The summed E-state index contributed by atoms with van der Waals surface area (Å²) in [4.78, 5) is 1.58. The van der Waals surface area contributed by atoms with E-state index in [9.17, 15) is 0 Å². The molecule has 4 heteroatoms. The molecule has 4 nitrogen and oxygen atoms in total. The van der Waals surface area contributed by atoms with Gasteiger partial charge >= 0.3 is 0 Å². The highest BCUT2D eigenvalue weighted by Crippen LogP contribution is 2.30. The summed E-state index contributed by atoms with van der Waals surface area (Å²) >= 11 is 0. The first kappa shape index (κ1) is 11.4. The summed E-state index contributed by atoms with van der Waals surface area (Å²) in [5.74, 6) is 0. The van der Waals surface area contributed by atoms with E-state index in [1.165, 1.54) is 36.0 Å². The molecule has 0 atom stereocenters. The van der Waals surface area contributed by atoms with Gasteiger partial charge in [0.2, 0.25) is 0 Å². The molecule has 1 aromatic carbocycles. The van der Waals surface area contributed by atoms with E-state index >= 15 is 0 Å². The number of rotatable bonds is 3. The Morgan fingerprint density at radius 2 is 2.17 bits per heavy atom. The van der Waals surface area contributed by atoms with Gasteiger partial charge in [-0.1, -0.05) is 18.2 Å². The molecule has 3 rings (SSSR count). The van der Waals surface area contributed by atoms with Crippen molar-refractivity contribution in [1.29, 1.82) is 0 Å². The van der Waals surface area contributed by atoms with Crippen molar-refractivity contribution in [2.75, 3.05) is 7.11 Å². The molecule has 0 bridgehead atoms. The van der Waals surface area contributed by atoms with E-state index in [0.717, 1.165) is 12.1 Å². The number of aryl methyl sites for hydroxylation is 1. The van der Waals surface area contributed by atoms with E-state index in [0.29, 0.717) is 6.73 Å². The number of ether oxygens (including phenoxy) is 1. The zero-order valence-corrected chi connectivity index (χ0v) is 10.6. The van der Waals surface area contributed by atoms with Crippen LogP contribution in [0.2, 0.25) is 0 Å². The fraction of sp³-hybridized carbons (Fsp3) is 0.429. The molecule has 0 spiro atoms. The maximum Gasteiger partial charge on any atom is 0.158 e. The fourth-order valence-corrected chi connectivity index (χ4v) is 2.62. The van der Waals surface area contributed by atoms with Crippen molar-refractivity contribution in [3.63, 3.8) is 0 Å². The number of aromatic nitrogens is 3. The fourth-order valence-electron chi connectivity index (χ4n) is 2.62. The normalized spacial score (nSPS) is 14.5. The highest BCUT2D eigenvalue weighted by molar-refractivity contribution is 5.64.